The van der Waals surface area contributed by atoms with Gasteiger partial charge in [-0.3, -0.25) is 0 Å². The normalized spacial score (nSPS) is 10.8. The molecule has 0 bridgehead atoms. The molecule has 0 aliphatic rings. The van der Waals surface area contributed by atoms with Crippen LogP contribution in [0.2, 0.25) is 0 Å². The molecule has 0 saturated carbocycles. The third kappa shape index (κ3) is 3.59. The Bertz CT molecular complexity index is 1280. The van der Waals surface area contributed by atoms with E-state index in [9.17, 15) is 0 Å². The fourth-order valence-electron chi connectivity index (χ4n) is 3.47. The molecule has 29 heavy (non-hydrogen) atoms. The van der Waals surface area contributed by atoms with Crippen molar-refractivity contribution in [3.05, 3.63) is 104 Å². The van der Waals surface area contributed by atoms with Crippen molar-refractivity contribution in [3.8, 4) is 17.3 Å². The molecule has 0 unspecified atom stereocenters. The Morgan fingerprint density at radius 1 is 0.828 bits per heavy atom. The number of aromatic nitrogens is 2. The molecule has 146 valence electrons. The van der Waals surface area contributed by atoms with Crippen LogP contribution in [0.25, 0.3) is 27.6 Å². The summed E-state index contributed by atoms with van der Waals surface area (Å²) in [5.41, 5.74) is 3.04. The molecule has 5 rings (SSSR count). The summed E-state index contributed by atoms with van der Waals surface area (Å²) in [4.78, 5) is 4.55. The summed E-state index contributed by atoms with van der Waals surface area (Å²) in [5.74, 6) is 2.16. The van der Waals surface area contributed by atoms with Crippen molar-refractivity contribution < 1.29 is 25.8 Å². The molecule has 3 nitrogen and oxygen atoms in total. The molecule has 2 aromatic heterocycles. The molecule has 0 radical (unpaired) electrons. The zero-order valence-corrected chi connectivity index (χ0v) is 17.8. The maximum atomic E-state index is 6.04. The topological polar surface area (TPSA) is 27.1 Å². The number of hydrogen-bond donors (Lipinski definition) is 0. The number of fused-ring (bicyclic) bond motifs is 3. The smallest absolute Gasteiger partial charge is 0.135 e. The summed E-state index contributed by atoms with van der Waals surface area (Å²) < 4.78 is 8.16. The van der Waals surface area contributed by atoms with Crippen LogP contribution < -0.4 is 4.74 Å². The van der Waals surface area contributed by atoms with Crippen LogP contribution in [-0.4, -0.2) is 9.55 Å². The summed E-state index contributed by atoms with van der Waals surface area (Å²) in [6.07, 6.45) is 2.48. The first-order valence-electron chi connectivity index (χ1n) is 9.19. The Morgan fingerprint density at radius 3 is 2.48 bits per heavy atom. The van der Waals surface area contributed by atoms with Gasteiger partial charge in [-0.25, -0.2) is 4.98 Å². The number of ether oxygens (including phenoxy) is 1. The largest absolute Gasteiger partial charge is 0.509 e. The number of nitrogens with zero attached hydrogens (tertiary/aromatic N) is 2. The van der Waals surface area contributed by atoms with Crippen LogP contribution in [0.3, 0.4) is 0 Å². The van der Waals surface area contributed by atoms with Crippen LogP contribution in [0.1, 0.15) is 5.56 Å². The number of pyridine rings is 1. The Hall–Kier alpha value is -2.90. The molecule has 0 aliphatic carbocycles. The molecule has 0 amide bonds. The molecule has 0 N–H and O–H groups in total. The van der Waals surface area contributed by atoms with Crippen LogP contribution in [-0.2, 0) is 27.5 Å². The molecular weight excluding hydrogens is 539 g/mol. The first-order valence-corrected chi connectivity index (χ1v) is 9.19. The van der Waals surface area contributed by atoms with Gasteiger partial charge in [-0.05, 0) is 23.6 Å². The molecule has 0 spiro atoms. The molecule has 4 heteroatoms. The van der Waals surface area contributed by atoms with E-state index in [-0.39, 0.29) is 21.1 Å². The van der Waals surface area contributed by atoms with Crippen LogP contribution in [0.4, 0.5) is 0 Å². The second kappa shape index (κ2) is 8.22. The van der Waals surface area contributed by atoms with E-state index in [4.69, 9.17) is 4.74 Å². The second-order valence-corrected chi connectivity index (χ2v) is 6.52. The zero-order chi connectivity index (χ0) is 18.9. The van der Waals surface area contributed by atoms with Gasteiger partial charge in [0.05, 0.1) is 0 Å². The fourth-order valence-corrected chi connectivity index (χ4v) is 3.47. The maximum Gasteiger partial charge on any atom is 0.135 e. The Kier molecular flexibility index (Phi) is 5.51. The van der Waals surface area contributed by atoms with Gasteiger partial charge in [-0.15, -0.1) is 29.7 Å². The summed E-state index contributed by atoms with van der Waals surface area (Å²) in [6.45, 7) is 3.91. The second-order valence-electron chi connectivity index (χ2n) is 6.52. The van der Waals surface area contributed by atoms with Crippen molar-refractivity contribution in [1.82, 2.24) is 9.55 Å². The maximum absolute atomic E-state index is 6.04. The summed E-state index contributed by atoms with van der Waals surface area (Å²) in [6, 6.07) is 30.8. The minimum absolute atomic E-state index is 0. The molecule has 0 aliphatic heterocycles. The number of rotatable bonds is 4. The predicted octanol–water partition coefficient (Wildman–Crippen LogP) is 5.95. The summed E-state index contributed by atoms with van der Waals surface area (Å²) in [5, 5.41) is 2.28. The number of hydrogen-bond acceptors (Lipinski definition) is 2. The number of benzene rings is 3. The molecular formula is C25H17N2OPt-3. The Labute approximate surface area is 184 Å². The van der Waals surface area contributed by atoms with Crippen molar-refractivity contribution in [3.63, 3.8) is 0 Å². The van der Waals surface area contributed by atoms with Crippen molar-refractivity contribution in [1.29, 1.82) is 0 Å². The minimum atomic E-state index is 0. The van der Waals surface area contributed by atoms with Gasteiger partial charge in [0.15, 0.2) is 0 Å². The first-order chi connectivity index (χ1) is 13.8. The van der Waals surface area contributed by atoms with Gasteiger partial charge in [-0.1, -0.05) is 29.8 Å². The van der Waals surface area contributed by atoms with E-state index in [1.165, 1.54) is 0 Å². The zero-order valence-electron chi connectivity index (χ0n) is 15.5. The fraction of sp³-hybridized carbons (Fsp3) is 0.0400. The Balaban J connectivity index is 0.00000205. The quantitative estimate of drug-likeness (QED) is 0.256. The van der Waals surface area contributed by atoms with Gasteiger partial charge in [-0.2, -0.15) is 30.2 Å². The van der Waals surface area contributed by atoms with Crippen LogP contribution in [0, 0.1) is 19.1 Å². The van der Waals surface area contributed by atoms with E-state index < -0.39 is 0 Å². The standard InChI is InChI=1S/C25H17N2O.Pt/c1-2-18-8-7-9-19(16-18)28-20-13-14-22-21-10-3-4-11-23(21)27(24(22)17-20)25-12-5-6-15-26-25;/h3-15H,1-2H2;/q-3;. The molecule has 2 heterocycles. The van der Waals surface area contributed by atoms with E-state index in [2.05, 4.69) is 46.8 Å². The van der Waals surface area contributed by atoms with Gasteiger partial charge >= 0.3 is 0 Å². The van der Waals surface area contributed by atoms with Gasteiger partial charge in [0.1, 0.15) is 5.82 Å². The average Bonchev–Trinajstić information content (AvgIpc) is 3.08. The van der Waals surface area contributed by atoms with Crippen molar-refractivity contribution >= 4 is 21.8 Å². The number of para-hydroxylation sites is 1. The third-order valence-corrected chi connectivity index (χ3v) is 4.75. The van der Waals surface area contributed by atoms with E-state index in [1.807, 2.05) is 54.6 Å². The van der Waals surface area contributed by atoms with E-state index in [0.717, 1.165) is 33.2 Å². The SMILES string of the molecule is [CH2-]Cc1[c-]c(Oc2[c-]c3c(cc2)c2ccccc2n3-c2ccccn2)ccc1.[Pt]. The molecule has 0 fully saturated rings. The van der Waals surface area contributed by atoms with Gasteiger partial charge in [0.25, 0.3) is 0 Å². The molecule has 5 aromatic rings. The van der Waals surface area contributed by atoms with Gasteiger partial charge in [0.2, 0.25) is 0 Å². The monoisotopic (exact) mass is 556 g/mol. The van der Waals surface area contributed by atoms with E-state index in [0.29, 0.717) is 17.9 Å². The van der Waals surface area contributed by atoms with Gasteiger partial charge < -0.3 is 16.2 Å². The van der Waals surface area contributed by atoms with Crippen LogP contribution >= 0.6 is 0 Å². The van der Waals surface area contributed by atoms with Gasteiger partial charge in [0, 0.05) is 44.3 Å². The van der Waals surface area contributed by atoms with Crippen LogP contribution in [0.5, 0.6) is 11.5 Å². The Morgan fingerprint density at radius 2 is 1.66 bits per heavy atom. The summed E-state index contributed by atoms with van der Waals surface area (Å²) >= 11 is 0. The first kappa shape index (κ1) is 19.4. The summed E-state index contributed by atoms with van der Waals surface area (Å²) in [7, 11) is 0. The van der Waals surface area contributed by atoms with E-state index >= 15 is 0 Å². The molecule has 0 atom stereocenters. The van der Waals surface area contributed by atoms with Crippen molar-refractivity contribution in [2.75, 3.05) is 0 Å². The third-order valence-electron chi connectivity index (χ3n) is 4.75. The molecule has 0 saturated heterocycles. The average molecular weight is 557 g/mol. The van der Waals surface area contributed by atoms with E-state index in [1.54, 1.807) is 6.20 Å². The molecule has 3 aromatic carbocycles. The predicted molar refractivity (Wildman–Crippen MR) is 112 cm³/mol. The minimum Gasteiger partial charge on any atom is -0.509 e. The van der Waals surface area contributed by atoms with Crippen molar-refractivity contribution in [2.24, 2.45) is 0 Å². The van der Waals surface area contributed by atoms with Crippen molar-refractivity contribution in [2.45, 2.75) is 6.42 Å². The van der Waals surface area contributed by atoms with Crippen LogP contribution in [0.15, 0.2) is 79.0 Å².